The molecule has 0 aliphatic rings. The smallest absolute Gasteiger partial charge is 0.261 e. The average molecular weight is 302 g/mol. The fourth-order valence-corrected chi connectivity index (χ4v) is 4.33. The summed E-state index contributed by atoms with van der Waals surface area (Å²) < 4.78 is 19.8. The zero-order valence-electron chi connectivity index (χ0n) is 13.1. The molecule has 0 fully saturated rings. The van der Waals surface area contributed by atoms with E-state index in [0.717, 1.165) is 10.6 Å². The minimum absolute atomic E-state index is 0.0702. The van der Waals surface area contributed by atoms with E-state index in [4.69, 9.17) is 4.52 Å². The highest BCUT2D eigenvalue weighted by Crippen LogP contribution is 2.48. The number of benzene rings is 2. The van der Waals surface area contributed by atoms with Gasteiger partial charge in [0.15, 0.2) is 0 Å². The molecule has 1 atom stereocenters. The number of hydrogen-bond acceptors (Lipinski definition) is 2. The molecule has 2 aromatic rings. The SMILES string of the molecule is C[C@@H](OP(=O)(c1ccccc1)c1ccccc1)C(C)(C)C. The quantitative estimate of drug-likeness (QED) is 0.784. The predicted octanol–water partition coefficient (Wildman–Crippen LogP) is 4.37. The van der Waals surface area contributed by atoms with E-state index in [-0.39, 0.29) is 11.5 Å². The Kier molecular flexibility index (Phi) is 4.70. The molecule has 112 valence electrons. The maximum Gasteiger partial charge on any atom is 0.261 e. The molecule has 2 nitrogen and oxygen atoms in total. The molecule has 2 rings (SSSR count). The molecule has 0 aromatic heterocycles. The highest BCUT2D eigenvalue weighted by molar-refractivity contribution is 7.74. The van der Waals surface area contributed by atoms with Crippen molar-refractivity contribution in [3.63, 3.8) is 0 Å². The van der Waals surface area contributed by atoms with Crippen LogP contribution in [0.1, 0.15) is 27.7 Å². The topological polar surface area (TPSA) is 26.3 Å². The van der Waals surface area contributed by atoms with Crippen molar-refractivity contribution in [2.45, 2.75) is 33.8 Å². The van der Waals surface area contributed by atoms with E-state index in [1.807, 2.05) is 67.6 Å². The highest BCUT2D eigenvalue weighted by Gasteiger charge is 2.34. The van der Waals surface area contributed by atoms with E-state index in [1.54, 1.807) is 0 Å². The molecule has 0 N–H and O–H groups in total. The molecule has 0 unspecified atom stereocenters. The van der Waals surface area contributed by atoms with Crippen LogP contribution in [0, 0.1) is 5.41 Å². The number of rotatable bonds is 4. The molecule has 0 bridgehead atoms. The zero-order chi connectivity index (χ0) is 15.5. The van der Waals surface area contributed by atoms with Gasteiger partial charge in [-0.25, -0.2) is 0 Å². The van der Waals surface area contributed by atoms with Crippen molar-refractivity contribution in [1.29, 1.82) is 0 Å². The molecule has 0 amide bonds. The van der Waals surface area contributed by atoms with E-state index in [2.05, 4.69) is 20.8 Å². The summed E-state index contributed by atoms with van der Waals surface area (Å²) in [6.45, 7) is 8.27. The van der Waals surface area contributed by atoms with E-state index in [9.17, 15) is 4.57 Å². The maximum atomic E-state index is 13.7. The van der Waals surface area contributed by atoms with Crippen molar-refractivity contribution < 1.29 is 9.09 Å². The molecule has 0 saturated carbocycles. The molecule has 21 heavy (non-hydrogen) atoms. The molecular formula is C18H23O2P. The summed E-state index contributed by atoms with van der Waals surface area (Å²) >= 11 is 0. The molecule has 0 saturated heterocycles. The molecule has 0 aliphatic heterocycles. The third-order valence-corrected chi connectivity index (χ3v) is 6.29. The van der Waals surface area contributed by atoms with Crippen LogP contribution in [0.3, 0.4) is 0 Å². The van der Waals surface area contributed by atoms with Gasteiger partial charge in [-0.3, -0.25) is 4.57 Å². The third kappa shape index (κ3) is 3.64. The summed E-state index contributed by atoms with van der Waals surface area (Å²) in [6, 6.07) is 19.0. The minimum Gasteiger partial charge on any atom is -0.318 e. The van der Waals surface area contributed by atoms with Gasteiger partial charge in [0, 0.05) is 10.6 Å². The monoisotopic (exact) mass is 302 g/mol. The van der Waals surface area contributed by atoms with Crippen LogP contribution in [-0.4, -0.2) is 6.10 Å². The Labute approximate surface area is 127 Å². The molecule has 2 aromatic carbocycles. The lowest BCUT2D eigenvalue weighted by Crippen LogP contribution is -2.29. The van der Waals surface area contributed by atoms with Gasteiger partial charge >= 0.3 is 0 Å². The Balaban J connectivity index is 2.48. The van der Waals surface area contributed by atoms with Crippen LogP contribution in [-0.2, 0) is 9.09 Å². The standard InChI is InChI=1S/C18H23O2P/c1-15(18(2,3)4)20-21(19,16-11-7-5-8-12-16)17-13-9-6-10-14-17/h5-15H,1-4H3/t15-/m1/s1. The first-order chi connectivity index (χ1) is 9.84. The molecule has 0 aliphatic carbocycles. The van der Waals surface area contributed by atoms with Crippen LogP contribution >= 0.6 is 7.37 Å². The van der Waals surface area contributed by atoms with Gasteiger partial charge in [0.1, 0.15) is 0 Å². The van der Waals surface area contributed by atoms with E-state index in [1.165, 1.54) is 0 Å². The Morgan fingerprint density at radius 2 is 1.24 bits per heavy atom. The van der Waals surface area contributed by atoms with Crippen molar-refractivity contribution in [1.82, 2.24) is 0 Å². The second-order valence-corrected chi connectivity index (χ2v) is 8.68. The molecule has 0 radical (unpaired) electrons. The van der Waals surface area contributed by atoms with E-state index >= 15 is 0 Å². The molecule has 0 spiro atoms. The second kappa shape index (κ2) is 6.17. The third-order valence-electron chi connectivity index (χ3n) is 3.72. The molecule has 3 heteroatoms. The summed E-state index contributed by atoms with van der Waals surface area (Å²) in [7, 11) is -3.08. The summed E-state index contributed by atoms with van der Waals surface area (Å²) in [5, 5.41) is 1.49. The van der Waals surface area contributed by atoms with Gasteiger partial charge in [-0.2, -0.15) is 0 Å². The summed E-state index contributed by atoms with van der Waals surface area (Å²) in [5.41, 5.74) is -0.0702. The normalized spacial score (nSPS) is 13.9. The summed E-state index contributed by atoms with van der Waals surface area (Å²) in [6.07, 6.45) is -0.122. The van der Waals surface area contributed by atoms with Gasteiger partial charge in [-0.15, -0.1) is 0 Å². The van der Waals surface area contributed by atoms with Gasteiger partial charge in [0.2, 0.25) is 0 Å². The second-order valence-electron chi connectivity index (χ2n) is 6.34. The Hall–Kier alpha value is -1.37. The highest BCUT2D eigenvalue weighted by atomic mass is 31.2. The van der Waals surface area contributed by atoms with Crippen LogP contribution in [0.25, 0.3) is 0 Å². The molecule has 0 heterocycles. The summed E-state index contributed by atoms with van der Waals surface area (Å²) in [4.78, 5) is 0. The van der Waals surface area contributed by atoms with Gasteiger partial charge in [-0.05, 0) is 36.6 Å². The Morgan fingerprint density at radius 3 is 1.57 bits per heavy atom. The van der Waals surface area contributed by atoms with E-state index in [0.29, 0.717) is 0 Å². The van der Waals surface area contributed by atoms with Gasteiger partial charge in [0.25, 0.3) is 7.37 Å². The summed E-state index contributed by atoms with van der Waals surface area (Å²) in [5.74, 6) is 0. The number of hydrogen-bond donors (Lipinski definition) is 0. The Morgan fingerprint density at radius 1 is 0.857 bits per heavy atom. The largest absolute Gasteiger partial charge is 0.318 e. The van der Waals surface area contributed by atoms with Crippen molar-refractivity contribution in [2.75, 3.05) is 0 Å². The molecular weight excluding hydrogens is 279 g/mol. The van der Waals surface area contributed by atoms with Crippen LogP contribution in [0.2, 0.25) is 0 Å². The first kappa shape index (κ1) is 16.0. The van der Waals surface area contributed by atoms with Crippen LogP contribution in [0.5, 0.6) is 0 Å². The van der Waals surface area contributed by atoms with Crippen LogP contribution in [0.15, 0.2) is 60.7 Å². The fourth-order valence-electron chi connectivity index (χ4n) is 1.90. The van der Waals surface area contributed by atoms with Crippen molar-refractivity contribution in [3.8, 4) is 0 Å². The van der Waals surface area contributed by atoms with Crippen molar-refractivity contribution >= 4 is 18.0 Å². The van der Waals surface area contributed by atoms with Crippen LogP contribution in [0.4, 0.5) is 0 Å². The van der Waals surface area contributed by atoms with Crippen LogP contribution < -0.4 is 10.6 Å². The lowest BCUT2D eigenvalue weighted by Gasteiger charge is -2.31. The lowest BCUT2D eigenvalue weighted by atomic mass is 9.91. The first-order valence-corrected chi connectivity index (χ1v) is 8.86. The zero-order valence-corrected chi connectivity index (χ0v) is 14.0. The Bertz CT molecular complexity index is 571. The average Bonchev–Trinajstić information content (AvgIpc) is 2.48. The predicted molar refractivity (Wildman–Crippen MR) is 89.8 cm³/mol. The van der Waals surface area contributed by atoms with Crippen molar-refractivity contribution in [2.24, 2.45) is 5.41 Å². The van der Waals surface area contributed by atoms with E-state index < -0.39 is 7.37 Å². The van der Waals surface area contributed by atoms with Crippen molar-refractivity contribution in [3.05, 3.63) is 60.7 Å². The first-order valence-electron chi connectivity index (χ1n) is 7.24. The van der Waals surface area contributed by atoms with Gasteiger partial charge in [-0.1, -0.05) is 57.2 Å². The van der Waals surface area contributed by atoms with Gasteiger partial charge < -0.3 is 4.52 Å². The fraction of sp³-hybridized carbons (Fsp3) is 0.333. The maximum absolute atomic E-state index is 13.7. The lowest BCUT2D eigenvalue weighted by molar-refractivity contribution is 0.111. The minimum atomic E-state index is -3.08. The van der Waals surface area contributed by atoms with Gasteiger partial charge in [0.05, 0.1) is 6.10 Å².